The van der Waals surface area contributed by atoms with Gasteiger partial charge in [-0.3, -0.25) is 0 Å². The van der Waals surface area contributed by atoms with Gasteiger partial charge in [0.25, 0.3) is 0 Å². The molecular formula is C40H25BO4. The quantitative estimate of drug-likeness (QED) is 0.167. The van der Waals surface area contributed by atoms with Gasteiger partial charge in [0.15, 0.2) is 0 Å². The van der Waals surface area contributed by atoms with Crippen molar-refractivity contribution in [1.82, 2.24) is 0 Å². The molecule has 0 unspecified atom stereocenters. The molecule has 4 bridgehead atoms. The molecule has 45 heavy (non-hydrogen) atoms. The molecule has 8 aromatic carbocycles. The molecule has 2 aliphatic rings. The standard InChI is InChI=1S/C40H24BO4/c1-3-11-31-25(7-1)17-21-37-39(31)40-32-12-4-2-8-26(32)18-22-38(40)45-41(44-37)42-29-19-15-27-9-5-13-33(35(27)23-29)34-14-6-10-28-16-20-30(43-41)24-36(28)34/h1-24H/q-1/p+1. The molecule has 0 amide bonds. The van der Waals surface area contributed by atoms with Gasteiger partial charge in [-0.25, -0.2) is 0 Å². The Labute approximate surface area is 260 Å². The highest BCUT2D eigenvalue weighted by Gasteiger charge is 2.46. The molecule has 1 spiro atoms. The van der Waals surface area contributed by atoms with Crippen molar-refractivity contribution in [3.63, 3.8) is 0 Å². The van der Waals surface area contributed by atoms with Crippen LogP contribution >= 0.6 is 0 Å². The largest absolute Gasteiger partial charge is 1.00 e. The molecule has 0 radical (unpaired) electrons. The van der Waals surface area contributed by atoms with E-state index in [4.69, 9.17) is 18.6 Å². The van der Waals surface area contributed by atoms with Crippen molar-refractivity contribution in [2.75, 3.05) is 0 Å². The van der Waals surface area contributed by atoms with Gasteiger partial charge >= 0.3 is 8.38 Å². The van der Waals surface area contributed by atoms with E-state index in [9.17, 15) is 0 Å². The smallest absolute Gasteiger partial charge is 0.611 e. The average molecular weight is 580 g/mol. The van der Waals surface area contributed by atoms with Crippen molar-refractivity contribution >= 4 is 50.0 Å². The molecule has 2 aliphatic heterocycles. The lowest BCUT2D eigenvalue weighted by Crippen LogP contribution is -2.60. The van der Waals surface area contributed by atoms with Gasteiger partial charge in [0, 0.05) is 11.1 Å². The van der Waals surface area contributed by atoms with Crippen LogP contribution in [-0.2, 0) is 0 Å². The molecule has 0 aliphatic carbocycles. The number of fused-ring (bicyclic) bond motifs is 10. The Hall–Kier alpha value is -5.94. The molecule has 0 aromatic heterocycles. The van der Waals surface area contributed by atoms with E-state index in [1.165, 1.54) is 0 Å². The monoisotopic (exact) mass is 580 g/mol. The van der Waals surface area contributed by atoms with Crippen molar-refractivity contribution in [2.24, 2.45) is 0 Å². The highest BCUT2D eigenvalue weighted by Crippen LogP contribution is 2.49. The minimum atomic E-state index is -2.91. The average Bonchev–Trinajstić information content (AvgIpc) is 3.22. The first-order valence-electron chi connectivity index (χ1n) is 15.2. The van der Waals surface area contributed by atoms with E-state index in [1.807, 2.05) is 24.3 Å². The summed E-state index contributed by atoms with van der Waals surface area (Å²) in [5, 5.41) is 8.72. The van der Waals surface area contributed by atoms with Gasteiger partial charge in [0.1, 0.15) is 0 Å². The van der Waals surface area contributed by atoms with Crippen LogP contribution in [0.1, 0.15) is 1.43 Å². The highest BCUT2D eigenvalue weighted by molar-refractivity contribution is 6.57. The highest BCUT2D eigenvalue weighted by atomic mass is 16.9. The summed E-state index contributed by atoms with van der Waals surface area (Å²) in [7, 11) is 0. The van der Waals surface area contributed by atoms with E-state index < -0.39 is 6.96 Å². The van der Waals surface area contributed by atoms with Crippen LogP contribution in [0.2, 0.25) is 0 Å². The van der Waals surface area contributed by atoms with Crippen LogP contribution in [-0.4, -0.2) is 6.96 Å². The summed E-state index contributed by atoms with van der Waals surface area (Å²) in [5.74, 6) is 2.43. The van der Waals surface area contributed by atoms with Crippen molar-refractivity contribution in [1.29, 1.82) is 0 Å². The second-order valence-electron chi connectivity index (χ2n) is 11.7. The normalized spacial score (nSPS) is 14.2. The van der Waals surface area contributed by atoms with Gasteiger partial charge in [0.2, 0.25) is 0 Å². The molecule has 4 nitrogen and oxygen atoms in total. The van der Waals surface area contributed by atoms with Gasteiger partial charge in [-0.1, -0.05) is 109 Å². The van der Waals surface area contributed by atoms with Crippen molar-refractivity contribution in [3.8, 4) is 45.3 Å². The third-order valence-electron chi connectivity index (χ3n) is 9.13. The lowest BCUT2D eigenvalue weighted by Gasteiger charge is -2.40. The second-order valence-corrected chi connectivity index (χ2v) is 11.7. The first-order valence-corrected chi connectivity index (χ1v) is 15.2. The van der Waals surface area contributed by atoms with Gasteiger partial charge < -0.3 is 18.6 Å². The minimum absolute atomic E-state index is 0. The van der Waals surface area contributed by atoms with E-state index in [-0.39, 0.29) is 1.43 Å². The number of benzene rings is 8. The lowest BCUT2D eigenvalue weighted by atomic mass is 9.92. The summed E-state index contributed by atoms with van der Waals surface area (Å²) in [4.78, 5) is 0. The maximum absolute atomic E-state index is 6.93. The fourth-order valence-electron chi connectivity index (χ4n) is 7.12. The zero-order valence-electron chi connectivity index (χ0n) is 25.1. The Morgan fingerprint density at radius 2 is 0.778 bits per heavy atom. The molecule has 0 atom stereocenters. The van der Waals surface area contributed by atoms with E-state index in [1.54, 1.807) is 0 Å². The SMILES string of the molecule is [H+].c1cc2c3cc(ccc3c1)O[B-]1(Oc3ccc4cccc-2c4c3)Oc2ccc3ccccc3c2-c2c(ccc3ccccc23)O1. The molecule has 0 saturated carbocycles. The van der Waals surface area contributed by atoms with Gasteiger partial charge in [-0.2, -0.15) is 0 Å². The number of hydrogen-bond acceptors (Lipinski definition) is 4. The molecule has 212 valence electrons. The lowest BCUT2D eigenvalue weighted by molar-refractivity contribution is 0.164. The summed E-state index contributed by atoms with van der Waals surface area (Å²) in [5.41, 5.74) is 4.14. The zero-order valence-corrected chi connectivity index (χ0v) is 24.1. The summed E-state index contributed by atoms with van der Waals surface area (Å²) < 4.78 is 27.5. The third kappa shape index (κ3) is 3.68. The zero-order chi connectivity index (χ0) is 29.5. The molecule has 5 heteroatoms. The minimum Gasteiger partial charge on any atom is -0.611 e. The Bertz CT molecular complexity index is 2350. The summed E-state index contributed by atoms with van der Waals surface area (Å²) in [6, 6.07) is 49.8. The Morgan fingerprint density at radius 1 is 0.356 bits per heavy atom. The van der Waals surface area contributed by atoms with Crippen LogP contribution in [0.5, 0.6) is 23.0 Å². The molecule has 0 N–H and O–H groups in total. The molecule has 2 heterocycles. The molecular weight excluding hydrogens is 555 g/mol. The van der Waals surface area contributed by atoms with E-state index in [2.05, 4.69) is 121 Å². The van der Waals surface area contributed by atoms with Gasteiger partial charge in [-0.05, 0) is 90.6 Å². The maximum atomic E-state index is 6.93. The van der Waals surface area contributed by atoms with Crippen LogP contribution in [0.4, 0.5) is 0 Å². The van der Waals surface area contributed by atoms with E-state index >= 15 is 0 Å². The fourth-order valence-corrected chi connectivity index (χ4v) is 7.12. The van der Waals surface area contributed by atoms with Crippen LogP contribution in [0.3, 0.4) is 0 Å². The fraction of sp³-hybridized carbons (Fsp3) is 0. The van der Waals surface area contributed by atoms with E-state index in [0.717, 1.165) is 65.3 Å². The Morgan fingerprint density at radius 3 is 1.29 bits per heavy atom. The first kappa shape index (κ1) is 24.5. The van der Waals surface area contributed by atoms with Crippen LogP contribution in [0, 0.1) is 0 Å². The first-order chi connectivity index (χ1) is 22.2. The van der Waals surface area contributed by atoms with Gasteiger partial charge in [-0.15, -0.1) is 0 Å². The van der Waals surface area contributed by atoms with Crippen LogP contribution in [0.15, 0.2) is 146 Å². The second kappa shape index (κ2) is 9.04. The topological polar surface area (TPSA) is 36.9 Å². The maximum Gasteiger partial charge on any atom is 1.00 e. The summed E-state index contributed by atoms with van der Waals surface area (Å²) in [6.07, 6.45) is 0. The van der Waals surface area contributed by atoms with E-state index in [0.29, 0.717) is 23.0 Å². The van der Waals surface area contributed by atoms with Crippen molar-refractivity contribution in [2.45, 2.75) is 0 Å². The van der Waals surface area contributed by atoms with Gasteiger partial charge in [0.05, 0.1) is 23.0 Å². The molecule has 0 fully saturated rings. The Kier molecular flexibility index (Phi) is 4.92. The van der Waals surface area contributed by atoms with Crippen LogP contribution in [0.25, 0.3) is 65.3 Å². The van der Waals surface area contributed by atoms with Crippen molar-refractivity contribution in [3.05, 3.63) is 146 Å². The predicted molar refractivity (Wildman–Crippen MR) is 183 cm³/mol. The van der Waals surface area contributed by atoms with Crippen molar-refractivity contribution < 1.29 is 20.0 Å². The Balaban J connectivity index is 0.00000292. The third-order valence-corrected chi connectivity index (χ3v) is 9.13. The predicted octanol–water partition coefficient (Wildman–Crippen LogP) is 10.4. The number of hydrogen-bond donors (Lipinski definition) is 0. The molecule has 10 rings (SSSR count). The number of rotatable bonds is 0. The molecule has 8 aromatic rings. The summed E-state index contributed by atoms with van der Waals surface area (Å²) >= 11 is 0. The summed E-state index contributed by atoms with van der Waals surface area (Å²) in [6.45, 7) is -2.91. The molecule has 0 saturated heterocycles. The van der Waals surface area contributed by atoms with Crippen LogP contribution < -0.4 is 18.6 Å².